The van der Waals surface area contributed by atoms with Gasteiger partial charge in [-0.3, -0.25) is 4.79 Å². The topological polar surface area (TPSA) is 41.1 Å². The van der Waals surface area contributed by atoms with Crippen molar-refractivity contribution in [3.8, 4) is 0 Å². The van der Waals surface area contributed by atoms with Gasteiger partial charge in [0.2, 0.25) is 5.91 Å². The highest BCUT2D eigenvalue weighted by Crippen LogP contribution is 2.33. The normalized spacial score (nSPS) is 11.1. The fourth-order valence-electron chi connectivity index (χ4n) is 1.68. The highest BCUT2D eigenvalue weighted by molar-refractivity contribution is 7.80. The average molecular weight is 353 g/mol. The second kappa shape index (κ2) is 8.33. The molecule has 0 atom stereocenters. The van der Waals surface area contributed by atoms with Crippen molar-refractivity contribution in [3.63, 3.8) is 0 Å². The summed E-state index contributed by atoms with van der Waals surface area (Å²) >= 11 is 10.7. The first-order chi connectivity index (χ1) is 10.2. The number of anilines is 1. The van der Waals surface area contributed by atoms with E-state index in [1.165, 1.54) is 0 Å². The zero-order valence-electron chi connectivity index (χ0n) is 11.9. The quantitative estimate of drug-likeness (QED) is 0.593. The van der Waals surface area contributed by atoms with Gasteiger partial charge in [-0.15, -0.1) is 0 Å². The number of alkyl halides is 3. The second-order valence-electron chi connectivity index (χ2n) is 4.65. The van der Waals surface area contributed by atoms with Crippen LogP contribution in [0.5, 0.6) is 0 Å². The maximum atomic E-state index is 12.6. The van der Waals surface area contributed by atoms with E-state index in [-0.39, 0.29) is 21.7 Å². The van der Waals surface area contributed by atoms with Crippen molar-refractivity contribution in [1.82, 2.24) is 5.32 Å². The van der Waals surface area contributed by atoms with E-state index < -0.39 is 11.7 Å². The summed E-state index contributed by atoms with van der Waals surface area (Å²) in [6.45, 7) is 2.01. The third-order valence-electron chi connectivity index (χ3n) is 2.80. The lowest BCUT2D eigenvalue weighted by Gasteiger charge is -2.13. The molecule has 0 fully saturated rings. The van der Waals surface area contributed by atoms with E-state index in [4.69, 9.17) is 23.8 Å². The molecule has 0 aromatic heterocycles. The smallest absolute Gasteiger partial charge is 0.331 e. The van der Waals surface area contributed by atoms with Gasteiger partial charge in [0.05, 0.1) is 16.3 Å². The fourth-order valence-corrected chi connectivity index (χ4v) is 2.06. The Hall–Kier alpha value is -1.34. The molecule has 0 radical (unpaired) electrons. The third-order valence-corrected chi connectivity index (χ3v) is 3.34. The van der Waals surface area contributed by atoms with Crippen LogP contribution in [-0.2, 0) is 11.0 Å². The predicted molar refractivity (Wildman–Crippen MR) is 85.0 cm³/mol. The van der Waals surface area contributed by atoms with Crippen LogP contribution in [0.25, 0.3) is 0 Å². The number of hydrogen-bond donors (Lipinski definition) is 2. The van der Waals surface area contributed by atoms with Gasteiger partial charge in [-0.2, -0.15) is 13.2 Å². The first kappa shape index (κ1) is 18.7. The molecule has 0 aliphatic rings. The summed E-state index contributed by atoms with van der Waals surface area (Å²) in [6.07, 6.45) is -1.53. The molecule has 0 saturated heterocycles. The monoisotopic (exact) mass is 352 g/mol. The fraction of sp³-hybridized carbons (Fsp3) is 0.429. The molecule has 1 aromatic rings. The molecule has 1 rings (SSSR count). The van der Waals surface area contributed by atoms with Crippen molar-refractivity contribution >= 4 is 40.5 Å². The maximum absolute atomic E-state index is 12.6. The minimum Gasteiger partial charge on any atom is -0.331 e. The molecule has 0 heterocycles. The van der Waals surface area contributed by atoms with Crippen molar-refractivity contribution in [2.75, 3.05) is 5.32 Å². The van der Waals surface area contributed by atoms with Crippen LogP contribution in [0.4, 0.5) is 18.9 Å². The van der Waals surface area contributed by atoms with Gasteiger partial charge in [-0.05, 0) is 36.8 Å². The molecule has 0 aliphatic carbocycles. The van der Waals surface area contributed by atoms with Gasteiger partial charge >= 0.3 is 6.18 Å². The van der Waals surface area contributed by atoms with E-state index in [1.807, 2.05) is 6.92 Å². The van der Waals surface area contributed by atoms with E-state index in [0.717, 1.165) is 37.5 Å². The molecule has 0 aliphatic heterocycles. The Morgan fingerprint density at radius 1 is 1.32 bits per heavy atom. The summed E-state index contributed by atoms with van der Waals surface area (Å²) in [5.41, 5.74) is -0.855. The molecule has 1 aromatic carbocycles. The minimum absolute atomic E-state index is 0.00431. The minimum atomic E-state index is -4.48. The van der Waals surface area contributed by atoms with Gasteiger partial charge in [-0.25, -0.2) is 0 Å². The molecule has 22 heavy (non-hydrogen) atoms. The Bertz CT molecular complexity index is 549. The molecule has 8 heteroatoms. The second-order valence-corrected chi connectivity index (χ2v) is 5.47. The van der Waals surface area contributed by atoms with E-state index >= 15 is 0 Å². The van der Waals surface area contributed by atoms with Gasteiger partial charge in [-0.1, -0.05) is 31.4 Å². The molecule has 122 valence electrons. The molecule has 0 saturated carbocycles. The van der Waals surface area contributed by atoms with Crippen LogP contribution in [0.15, 0.2) is 18.2 Å². The molecule has 1 amide bonds. The molecular weight excluding hydrogens is 337 g/mol. The number of thiocarbonyl (C=S) groups is 1. The summed E-state index contributed by atoms with van der Waals surface area (Å²) in [7, 11) is 0. The number of carbonyl (C=O) groups excluding carboxylic acids is 1. The molecular formula is C14H16ClF3N2OS. The summed E-state index contributed by atoms with van der Waals surface area (Å²) in [4.78, 5) is 11.6. The average Bonchev–Trinajstić information content (AvgIpc) is 2.40. The Morgan fingerprint density at radius 2 is 2.00 bits per heavy atom. The van der Waals surface area contributed by atoms with Crippen LogP contribution in [0.1, 0.15) is 38.2 Å². The van der Waals surface area contributed by atoms with E-state index in [1.54, 1.807) is 0 Å². The highest BCUT2D eigenvalue weighted by atomic mass is 35.5. The number of unbranched alkanes of at least 4 members (excludes halogenated alkanes) is 2. The summed E-state index contributed by atoms with van der Waals surface area (Å²) in [5.74, 6) is -0.283. The van der Waals surface area contributed by atoms with Crippen molar-refractivity contribution in [3.05, 3.63) is 28.8 Å². The number of halogens is 4. The summed E-state index contributed by atoms with van der Waals surface area (Å²) < 4.78 is 37.9. The van der Waals surface area contributed by atoms with E-state index in [2.05, 4.69) is 10.6 Å². The van der Waals surface area contributed by atoms with Gasteiger partial charge in [0.15, 0.2) is 5.11 Å². The maximum Gasteiger partial charge on any atom is 0.416 e. The van der Waals surface area contributed by atoms with Crippen molar-refractivity contribution < 1.29 is 18.0 Å². The molecule has 0 unspecified atom stereocenters. The third kappa shape index (κ3) is 6.19. The Kier molecular flexibility index (Phi) is 7.09. The highest BCUT2D eigenvalue weighted by Gasteiger charge is 2.31. The first-order valence-corrected chi connectivity index (χ1v) is 7.50. The Labute approximate surface area is 137 Å². The van der Waals surface area contributed by atoms with Crippen LogP contribution in [0.3, 0.4) is 0 Å². The predicted octanol–water partition coefficient (Wildman–Crippen LogP) is 4.75. The van der Waals surface area contributed by atoms with Crippen LogP contribution in [-0.4, -0.2) is 11.0 Å². The van der Waals surface area contributed by atoms with Crippen LogP contribution in [0.2, 0.25) is 5.02 Å². The van der Waals surface area contributed by atoms with Gasteiger partial charge in [0.25, 0.3) is 0 Å². The SMILES string of the molecule is CCCCCC(=O)NC(=S)Nc1cc(C(F)(F)F)ccc1Cl. The number of carbonyl (C=O) groups is 1. The van der Waals surface area contributed by atoms with Gasteiger partial charge < -0.3 is 10.6 Å². The van der Waals surface area contributed by atoms with Gasteiger partial charge in [0.1, 0.15) is 0 Å². The molecule has 0 spiro atoms. The lowest BCUT2D eigenvalue weighted by atomic mass is 10.2. The van der Waals surface area contributed by atoms with Crippen LogP contribution >= 0.6 is 23.8 Å². The number of hydrogen-bond acceptors (Lipinski definition) is 2. The van der Waals surface area contributed by atoms with E-state index in [0.29, 0.717) is 6.42 Å². The van der Waals surface area contributed by atoms with Crippen LogP contribution < -0.4 is 10.6 Å². The van der Waals surface area contributed by atoms with Crippen molar-refractivity contribution in [1.29, 1.82) is 0 Å². The van der Waals surface area contributed by atoms with Crippen molar-refractivity contribution in [2.24, 2.45) is 0 Å². The molecule has 2 N–H and O–H groups in total. The number of rotatable bonds is 5. The van der Waals surface area contributed by atoms with Crippen molar-refractivity contribution in [2.45, 2.75) is 38.8 Å². The zero-order valence-corrected chi connectivity index (χ0v) is 13.5. The van der Waals surface area contributed by atoms with Gasteiger partial charge in [0, 0.05) is 6.42 Å². The lowest BCUT2D eigenvalue weighted by Crippen LogP contribution is -2.34. The zero-order chi connectivity index (χ0) is 16.8. The molecule has 0 bridgehead atoms. The summed E-state index contributed by atoms with van der Waals surface area (Å²) in [5, 5.41) is 4.92. The number of nitrogens with one attached hydrogen (secondary N) is 2. The summed E-state index contributed by atoms with van der Waals surface area (Å²) in [6, 6.07) is 2.84. The Balaban J connectivity index is 2.66. The number of amides is 1. The lowest BCUT2D eigenvalue weighted by molar-refractivity contribution is -0.137. The standard InChI is InChI=1S/C14H16ClF3N2OS/c1-2-3-4-5-12(21)20-13(22)19-11-8-9(14(16,17)18)6-7-10(11)15/h6-8H,2-5H2,1H3,(H2,19,20,21,22). The Morgan fingerprint density at radius 3 is 2.59 bits per heavy atom. The molecule has 3 nitrogen and oxygen atoms in total. The first-order valence-electron chi connectivity index (χ1n) is 6.71. The largest absolute Gasteiger partial charge is 0.416 e. The van der Waals surface area contributed by atoms with Crippen LogP contribution in [0, 0.1) is 0 Å². The number of benzene rings is 1. The van der Waals surface area contributed by atoms with E-state index in [9.17, 15) is 18.0 Å².